The van der Waals surface area contributed by atoms with Crippen LogP contribution in [0.3, 0.4) is 0 Å². The molecule has 2 heterocycles. The van der Waals surface area contributed by atoms with Gasteiger partial charge in [-0.2, -0.15) is 5.10 Å². The van der Waals surface area contributed by atoms with Gasteiger partial charge >= 0.3 is 0 Å². The fourth-order valence-electron chi connectivity index (χ4n) is 2.95. The molecule has 0 aliphatic heterocycles. The molecule has 3 rings (SSSR count). The molecule has 0 saturated heterocycles. The molecule has 2 aromatic heterocycles. The molecular formula is C19H28N4O2. The third kappa shape index (κ3) is 3.95. The van der Waals surface area contributed by atoms with E-state index in [4.69, 9.17) is 9.52 Å². The maximum atomic E-state index is 12.8. The number of carbonyl (C=O) groups excluding carboxylic acids is 1. The van der Waals surface area contributed by atoms with Crippen LogP contribution in [0.4, 0.5) is 0 Å². The summed E-state index contributed by atoms with van der Waals surface area (Å²) in [7, 11) is 3.95. The van der Waals surface area contributed by atoms with Crippen molar-refractivity contribution in [2.45, 2.75) is 51.1 Å². The van der Waals surface area contributed by atoms with Crippen LogP contribution in [-0.2, 0) is 5.54 Å². The van der Waals surface area contributed by atoms with E-state index in [1.54, 1.807) is 6.26 Å². The highest BCUT2D eigenvalue weighted by Gasteiger charge is 2.31. The molecule has 0 radical (unpaired) electrons. The Morgan fingerprint density at radius 2 is 2.16 bits per heavy atom. The molecule has 0 unspecified atom stereocenters. The molecule has 0 bridgehead atoms. The lowest BCUT2D eigenvalue weighted by atomic mass is 10.1. The minimum Gasteiger partial charge on any atom is -0.468 e. The standard InChI is InChI=1S/C19H28N4O2/c1-19(2,3)23-15(11-14(21-23)13-8-9-13)18(24)20-12-16(22(4)5)17-7-6-10-25-17/h6-7,10-11,13,16H,8-9,12H2,1-5H3,(H,20,24)/t16-/m0/s1. The molecule has 1 atom stereocenters. The highest BCUT2D eigenvalue weighted by atomic mass is 16.3. The van der Waals surface area contributed by atoms with E-state index in [1.807, 2.05) is 41.9 Å². The maximum Gasteiger partial charge on any atom is 0.269 e. The van der Waals surface area contributed by atoms with Crippen molar-refractivity contribution in [2.75, 3.05) is 20.6 Å². The lowest BCUT2D eigenvalue weighted by Crippen LogP contribution is -2.37. The zero-order valence-electron chi connectivity index (χ0n) is 15.7. The highest BCUT2D eigenvalue weighted by Crippen LogP contribution is 2.40. The number of furan rings is 1. The molecule has 1 aliphatic rings. The number of carbonyl (C=O) groups is 1. The summed E-state index contributed by atoms with van der Waals surface area (Å²) in [6.07, 6.45) is 4.00. The Morgan fingerprint density at radius 3 is 2.68 bits per heavy atom. The van der Waals surface area contributed by atoms with Crippen LogP contribution in [0.25, 0.3) is 0 Å². The summed E-state index contributed by atoms with van der Waals surface area (Å²) in [4.78, 5) is 14.9. The van der Waals surface area contributed by atoms with Crippen molar-refractivity contribution in [1.82, 2.24) is 20.0 Å². The van der Waals surface area contributed by atoms with Crippen LogP contribution < -0.4 is 5.32 Å². The van der Waals surface area contributed by atoms with Gasteiger partial charge in [0.25, 0.3) is 5.91 Å². The van der Waals surface area contributed by atoms with Gasteiger partial charge in [0.05, 0.1) is 23.5 Å². The van der Waals surface area contributed by atoms with E-state index in [0.717, 1.165) is 11.5 Å². The van der Waals surface area contributed by atoms with Gasteiger partial charge in [0.1, 0.15) is 11.5 Å². The summed E-state index contributed by atoms with van der Waals surface area (Å²) in [5.74, 6) is 1.27. The maximum absolute atomic E-state index is 12.8. The first-order valence-corrected chi connectivity index (χ1v) is 8.86. The number of hydrogen-bond acceptors (Lipinski definition) is 4. The number of nitrogens with one attached hydrogen (secondary N) is 1. The van der Waals surface area contributed by atoms with E-state index >= 15 is 0 Å². The summed E-state index contributed by atoms with van der Waals surface area (Å²) in [6, 6.07) is 5.74. The first kappa shape index (κ1) is 17.7. The molecule has 1 saturated carbocycles. The predicted octanol–water partition coefficient (Wildman–Crippen LogP) is 3.14. The first-order valence-electron chi connectivity index (χ1n) is 8.86. The second-order valence-corrected chi connectivity index (χ2v) is 8.02. The number of rotatable bonds is 6. The first-order chi connectivity index (χ1) is 11.8. The number of aromatic nitrogens is 2. The largest absolute Gasteiger partial charge is 0.468 e. The molecule has 1 fully saturated rings. The fraction of sp³-hybridized carbons (Fsp3) is 0.579. The summed E-state index contributed by atoms with van der Waals surface area (Å²) in [5.41, 5.74) is 1.43. The molecule has 0 aromatic carbocycles. The van der Waals surface area contributed by atoms with E-state index in [2.05, 4.69) is 26.1 Å². The number of amides is 1. The lowest BCUT2D eigenvalue weighted by Gasteiger charge is -2.24. The Balaban J connectivity index is 1.76. The number of hydrogen-bond donors (Lipinski definition) is 1. The molecule has 2 aromatic rings. The molecule has 25 heavy (non-hydrogen) atoms. The van der Waals surface area contributed by atoms with Crippen molar-refractivity contribution in [3.63, 3.8) is 0 Å². The van der Waals surface area contributed by atoms with Crippen LogP contribution in [0, 0.1) is 0 Å². The highest BCUT2D eigenvalue weighted by molar-refractivity contribution is 5.92. The van der Waals surface area contributed by atoms with Crippen molar-refractivity contribution < 1.29 is 9.21 Å². The second kappa shape index (κ2) is 6.67. The van der Waals surface area contributed by atoms with E-state index in [0.29, 0.717) is 18.2 Å². The Kier molecular flexibility index (Phi) is 4.73. The number of nitrogens with zero attached hydrogens (tertiary/aromatic N) is 3. The van der Waals surface area contributed by atoms with Crippen molar-refractivity contribution in [3.05, 3.63) is 41.6 Å². The van der Waals surface area contributed by atoms with Crippen molar-refractivity contribution >= 4 is 5.91 Å². The van der Waals surface area contributed by atoms with Gasteiger partial charge in [-0.15, -0.1) is 0 Å². The summed E-state index contributed by atoms with van der Waals surface area (Å²) in [6.45, 7) is 6.68. The van der Waals surface area contributed by atoms with Gasteiger partial charge in [-0.3, -0.25) is 14.4 Å². The average Bonchev–Trinajstić information content (AvgIpc) is 3.06. The van der Waals surface area contributed by atoms with E-state index in [-0.39, 0.29) is 17.5 Å². The van der Waals surface area contributed by atoms with Crippen LogP contribution in [0.5, 0.6) is 0 Å². The summed E-state index contributed by atoms with van der Waals surface area (Å²) < 4.78 is 7.36. The smallest absolute Gasteiger partial charge is 0.269 e. The fourth-order valence-corrected chi connectivity index (χ4v) is 2.95. The zero-order valence-corrected chi connectivity index (χ0v) is 15.7. The monoisotopic (exact) mass is 344 g/mol. The van der Waals surface area contributed by atoms with Gasteiger partial charge in [-0.25, -0.2) is 0 Å². The molecule has 1 N–H and O–H groups in total. The Bertz CT molecular complexity index is 721. The van der Waals surface area contributed by atoms with Gasteiger partial charge in [-0.05, 0) is 65.9 Å². The molecule has 1 amide bonds. The zero-order chi connectivity index (χ0) is 18.2. The number of likely N-dealkylation sites (N-methyl/N-ethyl adjacent to an activating group) is 1. The van der Waals surface area contributed by atoms with Crippen LogP contribution >= 0.6 is 0 Å². The van der Waals surface area contributed by atoms with E-state index in [1.165, 1.54) is 12.8 Å². The Morgan fingerprint density at radius 1 is 1.44 bits per heavy atom. The minimum absolute atomic E-state index is 0.00661. The molecule has 1 aliphatic carbocycles. The van der Waals surface area contributed by atoms with Crippen molar-refractivity contribution in [1.29, 1.82) is 0 Å². The van der Waals surface area contributed by atoms with Crippen LogP contribution in [0.15, 0.2) is 28.9 Å². The molecule has 136 valence electrons. The molecule has 0 spiro atoms. The van der Waals surface area contributed by atoms with Crippen LogP contribution in [0.1, 0.15) is 67.5 Å². The SMILES string of the molecule is CN(C)[C@@H](CNC(=O)c1cc(C2CC2)nn1C(C)(C)C)c1ccco1. The average molecular weight is 344 g/mol. The third-order valence-electron chi connectivity index (χ3n) is 4.54. The lowest BCUT2D eigenvalue weighted by molar-refractivity contribution is 0.0920. The molecule has 6 nitrogen and oxygen atoms in total. The molecule has 6 heteroatoms. The Labute approximate surface area is 149 Å². The second-order valence-electron chi connectivity index (χ2n) is 8.02. The van der Waals surface area contributed by atoms with Gasteiger partial charge in [0, 0.05) is 12.5 Å². The Hall–Kier alpha value is -2.08. The van der Waals surface area contributed by atoms with Gasteiger partial charge in [0.15, 0.2) is 0 Å². The van der Waals surface area contributed by atoms with E-state index < -0.39 is 0 Å². The normalized spacial score (nSPS) is 16.2. The van der Waals surface area contributed by atoms with Crippen LogP contribution in [0.2, 0.25) is 0 Å². The minimum atomic E-state index is -0.234. The third-order valence-corrected chi connectivity index (χ3v) is 4.54. The summed E-state index contributed by atoms with van der Waals surface area (Å²) in [5, 5.41) is 7.76. The van der Waals surface area contributed by atoms with Gasteiger partial charge in [0.2, 0.25) is 0 Å². The summed E-state index contributed by atoms with van der Waals surface area (Å²) >= 11 is 0. The van der Waals surface area contributed by atoms with Gasteiger partial charge in [-0.1, -0.05) is 0 Å². The van der Waals surface area contributed by atoms with Crippen molar-refractivity contribution in [2.24, 2.45) is 0 Å². The van der Waals surface area contributed by atoms with Crippen LogP contribution in [-0.4, -0.2) is 41.2 Å². The predicted molar refractivity (Wildman–Crippen MR) is 96.7 cm³/mol. The quantitative estimate of drug-likeness (QED) is 0.874. The van der Waals surface area contributed by atoms with Gasteiger partial charge < -0.3 is 9.73 Å². The molecular weight excluding hydrogens is 316 g/mol. The topological polar surface area (TPSA) is 63.3 Å². The van der Waals surface area contributed by atoms with E-state index in [9.17, 15) is 4.79 Å². The van der Waals surface area contributed by atoms with Crippen molar-refractivity contribution in [3.8, 4) is 0 Å².